The van der Waals surface area contributed by atoms with E-state index in [-0.39, 0.29) is 18.7 Å². The average molecular weight is 244 g/mol. The van der Waals surface area contributed by atoms with Crippen LogP contribution in [-0.2, 0) is 11.2 Å². The smallest absolute Gasteiger partial charge is 0.151 e. The van der Waals surface area contributed by atoms with Gasteiger partial charge in [0.1, 0.15) is 5.82 Å². The Balaban J connectivity index is 2.49. The number of halogens is 2. The first-order valence-electron chi connectivity index (χ1n) is 5.29. The molecule has 0 saturated heterocycles. The van der Waals surface area contributed by atoms with E-state index in [0.717, 1.165) is 13.0 Å². The molecule has 2 nitrogen and oxygen atoms in total. The van der Waals surface area contributed by atoms with Crippen molar-refractivity contribution in [3.63, 3.8) is 0 Å². The highest BCUT2D eigenvalue weighted by atomic mass is 35.5. The lowest BCUT2D eigenvalue weighted by Crippen LogP contribution is -2.25. The Morgan fingerprint density at radius 3 is 2.88 bits per heavy atom. The first-order valence-corrected chi connectivity index (χ1v) is 5.67. The van der Waals surface area contributed by atoms with Gasteiger partial charge in [0.05, 0.1) is 6.54 Å². The van der Waals surface area contributed by atoms with Gasteiger partial charge in [-0.2, -0.15) is 0 Å². The van der Waals surface area contributed by atoms with Crippen molar-refractivity contribution < 1.29 is 9.18 Å². The fourth-order valence-electron chi connectivity index (χ4n) is 1.34. The second-order valence-corrected chi connectivity index (χ2v) is 4.06. The molecule has 0 fully saturated rings. The van der Waals surface area contributed by atoms with Crippen molar-refractivity contribution in [1.82, 2.24) is 5.32 Å². The fraction of sp³-hybridized carbons (Fsp3) is 0.417. The zero-order valence-electron chi connectivity index (χ0n) is 9.22. The van der Waals surface area contributed by atoms with Crippen molar-refractivity contribution in [1.29, 1.82) is 0 Å². The van der Waals surface area contributed by atoms with Gasteiger partial charge in [0.15, 0.2) is 5.78 Å². The van der Waals surface area contributed by atoms with Crippen LogP contribution in [0.3, 0.4) is 0 Å². The number of Topliss-reactive ketones (excluding diaryl/α,β-unsaturated/α-hetero) is 1. The van der Waals surface area contributed by atoms with Crippen molar-refractivity contribution >= 4 is 17.4 Å². The van der Waals surface area contributed by atoms with Gasteiger partial charge in [-0.15, -0.1) is 0 Å². The van der Waals surface area contributed by atoms with E-state index in [9.17, 15) is 9.18 Å². The summed E-state index contributed by atoms with van der Waals surface area (Å²) in [7, 11) is 0. The fourth-order valence-corrected chi connectivity index (χ4v) is 1.50. The first kappa shape index (κ1) is 13.1. The van der Waals surface area contributed by atoms with Gasteiger partial charge in [-0.3, -0.25) is 4.79 Å². The van der Waals surface area contributed by atoms with E-state index in [1.807, 2.05) is 6.92 Å². The quantitative estimate of drug-likeness (QED) is 0.779. The number of carbonyl (C=O) groups excluding carboxylic acids is 1. The van der Waals surface area contributed by atoms with Crippen LogP contribution in [0.25, 0.3) is 0 Å². The summed E-state index contributed by atoms with van der Waals surface area (Å²) < 4.78 is 13.3. The Morgan fingerprint density at radius 2 is 2.25 bits per heavy atom. The zero-order chi connectivity index (χ0) is 12.0. The third-order valence-corrected chi connectivity index (χ3v) is 2.39. The molecule has 88 valence electrons. The summed E-state index contributed by atoms with van der Waals surface area (Å²) in [5, 5.41) is 3.33. The van der Waals surface area contributed by atoms with Crippen LogP contribution < -0.4 is 5.32 Å². The molecule has 0 spiro atoms. The molecule has 0 saturated carbocycles. The highest BCUT2D eigenvalue weighted by Gasteiger charge is 2.08. The second kappa shape index (κ2) is 6.61. The van der Waals surface area contributed by atoms with Gasteiger partial charge in [0.25, 0.3) is 0 Å². The highest BCUT2D eigenvalue weighted by Crippen LogP contribution is 2.15. The molecule has 1 rings (SSSR count). The lowest BCUT2D eigenvalue weighted by Gasteiger charge is -2.04. The lowest BCUT2D eigenvalue weighted by atomic mass is 10.1. The Hall–Kier alpha value is -0.930. The molecular weight excluding hydrogens is 229 g/mol. The molecule has 0 aliphatic carbocycles. The molecular formula is C12H15ClFNO. The summed E-state index contributed by atoms with van der Waals surface area (Å²) >= 11 is 5.62. The van der Waals surface area contributed by atoms with E-state index in [2.05, 4.69) is 5.32 Å². The molecule has 4 heteroatoms. The van der Waals surface area contributed by atoms with E-state index >= 15 is 0 Å². The van der Waals surface area contributed by atoms with E-state index in [1.54, 1.807) is 12.1 Å². The number of benzene rings is 1. The maximum atomic E-state index is 13.3. The van der Waals surface area contributed by atoms with Crippen LogP contribution in [0.2, 0.25) is 5.02 Å². The molecule has 0 bridgehead atoms. The third-order valence-electron chi connectivity index (χ3n) is 2.15. The summed E-state index contributed by atoms with van der Waals surface area (Å²) in [6.07, 6.45) is 1.09. The SMILES string of the molecule is CCCNCC(=O)Cc1ccc(Cl)cc1F. The molecule has 0 radical (unpaired) electrons. The summed E-state index contributed by atoms with van der Waals surface area (Å²) in [5.41, 5.74) is 0.396. The van der Waals surface area contributed by atoms with Crippen LogP contribution in [0.15, 0.2) is 18.2 Å². The van der Waals surface area contributed by atoms with Gasteiger partial charge in [-0.05, 0) is 30.7 Å². The van der Waals surface area contributed by atoms with Crippen LogP contribution in [0.5, 0.6) is 0 Å². The van der Waals surface area contributed by atoms with Crippen LogP contribution in [0.1, 0.15) is 18.9 Å². The second-order valence-electron chi connectivity index (χ2n) is 3.63. The first-order chi connectivity index (χ1) is 7.63. The molecule has 16 heavy (non-hydrogen) atoms. The van der Waals surface area contributed by atoms with Gasteiger partial charge in [-0.1, -0.05) is 24.6 Å². The number of hydrogen-bond donors (Lipinski definition) is 1. The van der Waals surface area contributed by atoms with E-state index < -0.39 is 5.82 Å². The molecule has 0 unspecified atom stereocenters. The van der Waals surface area contributed by atoms with Crippen LogP contribution in [0, 0.1) is 5.82 Å². The topological polar surface area (TPSA) is 29.1 Å². The lowest BCUT2D eigenvalue weighted by molar-refractivity contribution is -0.117. The minimum Gasteiger partial charge on any atom is -0.310 e. The molecule has 0 amide bonds. The monoisotopic (exact) mass is 243 g/mol. The maximum absolute atomic E-state index is 13.3. The molecule has 1 N–H and O–H groups in total. The number of hydrogen-bond acceptors (Lipinski definition) is 2. The predicted molar refractivity (Wildman–Crippen MR) is 63.3 cm³/mol. The molecule has 1 aromatic carbocycles. The molecule has 0 atom stereocenters. The van der Waals surface area contributed by atoms with E-state index in [1.165, 1.54) is 6.07 Å². The number of carbonyl (C=O) groups is 1. The van der Waals surface area contributed by atoms with Crippen LogP contribution in [-0.4, -0.2) is 18.9 Å². The molecule has 0 aromatic heterocycles. The number of rotatable bonds is 6. The van der Waals surface area contributed by atoms with Crippen molar-refractivity contribution in [3.8, 4) is 0 Å². The van der Waals surface area contributed by atoms with Crippen LogP contribution >= 0.6 is 11.6 Å². The predicted octanol–water partition coefficient (Wildman–Crippen LogP) is 2.59. The standard InChI is InChI=1S/C12H15ClFNO/c1-2-5-15-8-11(16)6-9-3-4-10(13)7-12(9)14/h3-4,7,15H,2,5-6,8H2,1H3. The Morgan fingerprint density at radius 1 is 1.50 bits per heavy atom. The van der Waals surface area contributed by atoms with Gasteiger partial charge >= 0.3 is 0 Å². The van der Waals surface area contributed by atoms with Crippen molar-refractivity contribution in [2.24, 2.45) is 0 Å². The molecule has 0 aliphatic heterocycles. The summed E-state index contributed by atoms with van der Waals surface area (Å²) in [6, 6.07) is 4.37. The highest BCUT2D eigenvalue weighted by molar-refractivity contribution is 6.30. The van der Waals surface area contributed by atoms with E-state index in [0.29, 0.717) is 10.6 Å². The zero-order valence-corrected chi connectivity index (χ0v) is 9.98. The summed E-state index contributed by atoms with van der Waals surface area (Å²) in [6.45, 7) is 3.11. The normalized spacial score (nSPS) is 10.4. The Kier molecular flexibility index (Phi) is 5.43. The third kappa shape index (κ3) is 4.29. The van der Waals surface area contributed by atoms with E-state index in [4.69, 9.17) is 11.6 Å². The molecule has 0 heterocycles. The average Bonchev–Trinajstić information content (AvgIpc) is 2.23. The summed E-state index contributed by atoms with van der Waals surface area (Å²) in [5.74, 6) is -0.439. The minimum absolute atomic E-state index is 0.0188. The van der Waals surface area contributed by atoms with Gasteiger partial charge in [-0.25, -0.2) is 4.39 Å². The van der Waals surface area contributed by atoms with Crippen molar-refractivity contribution in [3.05, 3.63) is 34.6 Å². The van der Waals surface area contributed by atoms with Crippen molar-refractivity contribution in [2.45, 2.75) is 19.8 Å². The Labute approximate surface area is 99.8 Å². The Bertz CT molecular complexity index is 368. The number of nitrogens with one attached hydrogen (secondary N) is 1. The molecule has 0 aliphatic rings. The number of ketones is 1. The largest absolute Gasteiger partial charge is 0.310 e. The minimum atomic E-state index is -0.420. The van der Waals surface area contributed by atoms with Gasteiger partial charge < -0.3 is 5.32 Å². The van der Waals surface area contributed by atoms with Gasteiger partial charge in [0, 0.05) is 11.4 Å². The molecule has 1 aromatic rings. The summed E-state index contributed by atoms with van der Waals surface area (Å²) in [4.78, 5) is 11.5. The van der Waals surface area contributed by atoms with Crippen LogP contribution in [0.4, 0.5) is 4.39 Å². The van der Waals surface area contributed by atoms with Crippen molar-refractivity contribution in [2.75, 3.05) is 13.1 Å². The maximum Gasteiger partial charge on any atom is 0.151 e. The van der Waals surface area contributed by atoms with Gasteiger partial charge in [0.2, 0.25) is 0 Å².